The van der Waals surface area contributed by atoms with Gasteiger partial charge in [-0.3, -0.25) is 4.98 Å². The largest absolute Gasteiger partial charge is 0.382 e. The van der Waals surface area contributed by atoms with Crippen molar-refractivity contribution in [3.63, 3.8) is 0 Å². The van der Waals surface area contributed by atoms with Crippen LogP contribution >= 0.6 is 0 Å². The van der Waals surface area contributed by atoms with E-state index < -0.39 is 0 Å². The Hall–Kier alpha value is -5.95. The summed E-state index contributed by atoms with van der Waals surface area (Å²) in [4.78, 5) is 6.47. The van der Waals surface area contributed by atoms with Crippen molar-refractivity contribution in [1.82, 2.24) is 4.98 Å². The summed E-state index contributed by atoms with van der Waals surface area (Å²) in [6, 6.07) is 42.6. The third kappa shape index (κ3) is 6.03. The Kier molecular flexibility index (Phi) is 8.35. The molecule has 0 saturated carbocycles. The van der Waals surface area contributed by atoms with Crippen molar-refractivity contribution in [2.75, 3.05) is 39.0 Å². The lowest BCUT2D eigenvalue weighted by Crippen LogP contribution is -2.14. The maximum Gasteiger partial charge on any atom is 0.0619 e. The van der Waals surface area contributed by atoms with E-state index in [0.717, 1.165) is 73.2 Å². The second kappa shape index (κ2) is 13.2. The van der Waals surface area contributed by atoms with Crippen LogP contribution in [0.4, 0.5) is 39.8 Å². The van der Waals surface area contributed by atoms with Gasteiger partial charge in [-0.1, -0.05) is 79.7 Å². The van der Waals surface area contributed by atoms with Gasteiger partial charge in [0.15, 0.2) is 0 Å². The van der Waals surface area contributed by atoms with Crippen LogP contribution in [-0.4, -0.2) is 18.1 Å². The Balaban J connectivity index is 1.13. The predicted molar refractivity (Wildman–Crippen MR) is 202 cm³/mol. The highest BCUT2D eigenvalue weighted by Gasteiger charge is 2.13. The second-order valence-corrected chi connectivity index (χ2v) is 11.8. The molecule has 7 rings (SSSR count). The molecule has 0 amide bonds. The minimum atomic E-state index is 0.403. The fraction of sp³-hybridized carbons (Fsp3) is 0.125. The molecule has 0 aliphatic rings. The van der Waals surface area contributed by atoms with Crippen molar-refractivity contribution in [3.8, 4) is 0 Å². The molecule has 0 radical (unpaired) electrons. The number of anilines is 7. The zero-order valence-electron chi connectivity index (χ0n) is 26.9. The number of pyridine rings is 1. The lowest BCUT2D eigenvalue weighted by Gasteiger charge is -2.23. The molecule has 0 bridgehead atoms. The van der Waals surface area contributed by atoms with Crippen molar-refractivity contribution < 1.29 is 0 Å². The smallest absolute Gasteiger partial charge is 0.0619 e. The lowest BCUT2D eigenvalue weighted by atomic mass is 10.1. The molecular formula is C40H39N7. The Labute approximate surface area is 275 Å². The number of nitrogens with one attached hydrogen (secondary N) is 5. The molecule has 234 valence electrons. The van der Waals surface area contributed by atoms with Crippen molar-refractivity contribution in [1.29, 1.82) is 0 Å². The number of hydrogen-bond acceptors (Lipinski definition) is 7. The molecule has 47 heavy (non-hydrogen) atoms. The van der Waals surface area contributed by atoms with Crippen molar-refractivity contribution >= 4 is 72.1 Å². The molecule has 7 heteroatoms. The van der Waals surface area contributed by atoms with Gasteiger partial charge >= 0.3 is 0 Å². The summed E-state index contributed by atoms with van der Waals surface area (Å²) in [6.45, 7) is 4.41. The molecule has 0 aliphatic carbocycles. The summed E-state index contributed by atoms with van der Waals surface area (Å²) in [7, 11) is 2.07. The monoisotopic (exact) mass is 617 g/mol. The highest BCUT2D eigenvalue weighted by molar-refractivity contribution is 6.06. The van der Waals surface area contributed by atoms with Gasteiger partial charge in [-0.15, -0.1) is 0 Å². The van der Waals surface area contributed by atoms with E-state index in [0.29, 0.717) is 6.04 Å². The number of fused-ring (bicyclic) bond motifs is 3. The second-order valence-electron chi connectivity index (χ2n) is 11.8. The molecule has 0 spiro atoms. The van der Waals surface area contributed by atoms with Crippen molar-refractivity contribution in [3.05, 3.63) is 134 Å². The topological polar surface area (TPSA) is 76.3 Å². The zero-order valence-corrected chi connectivity index (χ0v) is 26.9. The van der Waals surface area contributed by atoms with Gasteiger partial charge in [0.1, 0.15) is 0 Å². The van der Waals surface area contributed by atoms with E-state index in [-0.39, 0.29) is 0 Å². The van der Waals surface area contributed by atoms with Crippen LogP contribution in [-0.2, 0) is 0 Å². The van der Waals surface area contributed by atoms with Crippen LogP contribution in [0.5, 0.6) is 0 Å². The summed E-state index contributed by atoms with van der Waals surface area (Å²) >= 11 is 0. The van der Waals surface area contributed by atoms with E-state index in [1.807, 2.05) is 12.3 Å². The quantitative estimate of drug-likeness (QED) is 0.0925. The molecule has 0 saturated heterocycles. The van der Waals surface area contributed by atoms with Crippen molar-refractivity contribution in [2.45, 2.75) is 26.3 Å². The Morgan fingerprint density at radius 2 is 0.957 bits per heavy atom. The van der Waals surface area contributed by atoms with E-state index >= 15 is 0 Å². The summed E-state index contributed by atoms with van der Waals surface area (Å²) in [5.41, 5.74) is 21.3. The Morgan fingerprint density at radius 1 is 0.532 bits per heavy atom. The van der Waals surface area contributed by atoms with Gasteiger partial charge in [0.2, 0.25) is 0 Å². The Bertz CT molecular complexity index is 2160. The molecule has 1 heterocycles. The van der Waals surface area contributed by atoms with E-state index in [1.165, 1.54) is 5.39 Å². The van der Waals surface area contributed by atoms with E-state index in [9.17, 15) is 0 Å². The molecule has 1 aromatic heterocycles. The molecule has 7 aromatic rings. The lowest BCUT2D eigenvalue weighted by molar-refractivity contribution is 0.765. The fourth-order valence-electron chi connectivity index (χ4n) is 6.06. The predicted octanol–water partition coefficient (Wildman–Crippen LogP) is 10.4. The van der Waals surface area contributed by atoms with Crippen LogP contribution in [0.2, 0.25) is 0 Å². The van der Waals surface area contributed by atoms with Gasteiger partial charge in [0.05, 0.1) is 34.6 Å². The number of benzene rings is 6. The number of nitrogens with zero attached hydrogens (tertiary/aromatic N) is 2. The standard InChI is InChI=1S/C40H39N7/c1-4-27(2)42-35-19-20-36(30-14-6-5-13-29(30)35)43-44-37-21-22-38(32-16-8-7-15-31(32)37)45-46-39-23-24-40(34-18-10-9-17-33(34)39)47(3)28-12-11-25-41-26-28/h5-27,42-46H,4H2,1-3H3. The van der Waals surface area contributed by atoms with Gasteiger partial charge in [0.25, 0.3) is 0 Å². The number of rotatable bonds is 11. The minimum Gasteiger partial charge on any atom is -0.382 e. The third-order valence-corrected chi connectivity index (χ3v) is 8.82. The first-order valence-corrected chi connectivity index (χ1v) is 16.1. The van der Waals surface area contributed by atoms with E-state index in [2.05, 4.69) is 173 Å². The summed E-state index contributed by atoms with van der Waals surface area (Å²) in [5.74, 6) is 0. The average Bonchev–Trinajstić information content (AvgIpc) is 3.13. The normalized spacial score (nSPS) is 11.7. The maximum absolute atomic E-state index is 4.30. The average molecular weight is 618 g/mol. The van der Waals surface area contributed by atoms with Gasteiger partial charge in [-0.2, -0.15) is 0 Å². The molecule has 0 aliphatic heterocycles. The number of hydrogen-bond donors (Lipinski definition) is 5. The van der Waals surface area contributed by atoms with Crippen LogP contribution in [0.1, 0.15) is 20.3 Å². The van der Waals surface area contributed by atoms with E-state index in [4.69, 9.17) is 0 Å². The zero-order chi connectivity index (χ0) is 32.2. The fourth-order valence-corrected chi connectivity index (χ4v) is 6.06. The molecule has 5 N–H and O–H groups in total. The first-order chi connectivity index (χ1) is 23.1. The molecule has 1 atom stereocenters. The van der Waals surface area contributed by atoms with Gasteiger partial charge < -0.3 is 31.9 Å². The minimum absolute atomic E-state index is 0.403. The van der Waals surface area contributed by atoms with Crippen LogP contribution in [0.3, 0.4) is 0 Å². The summed E-state index contributed by atoms with van der Waals surface area (Å²) in [6.07, 6.45) is 4.74. The van der Waals surface area contributed by atoms with Crippen LogP contribution < -0.4 is 31.9 Å². The van der Waals surface area contributed by atoms with Crippen LogP contribution in [0.25, 0.3) is 32.3 Å². The van der Waals surface area contributed by atoms with Gasteiger partial charge in [-0.05, 0) is 61.9 Å². The molecule has 1 unspecified atom stereocenters. The first kappa shape index (κ1) is 29.7. The first-order valence-electron chi connectivity index (χ1n) is 16.1. The Morgan fingerprint density at radius 3 is 1.43 bits per heavy atom. The molecule has 6 aromatic carbocycles. The van der Waals surface area contributed by atoms with Crippen molar-refractivity contribution in [2.24, 2.45) is 0 Å². The number of hydrazine groups is 2. The van der Waals surface area contributed by atoms with Gasteiger partial charge in [0, 0.05) is 63.0 Å². The van der Waals surface area contributed by atoms with E-state index in [1.54, 1.807) is 6.20 Å². The van der Waals surface area contributed by atoms with Gasteiger partial charge in [-0.25, -0.2) is 0 Å². The van der Waals surface area contributed by atoms with Crippen LogP contribution in [0, 0.1) is 0 Å². The maximum atomic E-state index is 4.30. The molecular weight excluding hydrogens is 578 g/mol. The summed E-state index contributed by atoms with van der Waals surface area (Å²) < 4.78 is 0. The summed E-state index contributed by atoms with van der Waals surface area (Å²) in [5, 5.41) is 10.5. The SMILES string of the molecule is CCC(C)Nc1ccc(NNc2ccc(NNc3ccc(N(C)c4cccnc4)c4ccccc34)c3ccccc23)c2ccccc12. The molecule has 0 fully saturated rings. The number of aromatic nitrogens is 1. The highest BCUT2D eigenvalue weighted by atomic mass is 15.4. The third-order valence-electron chi connectivity index (χ3n) is 8.82. The molecule has 7 nitrogen and oxygen atoms in total. The highest BCUT2D eigenvalue weighted by Crippen LogP contribution is 2.36. The van der Waals surface area contributed by atoms with Crippen LogP contribution in [0.15, 0.2) is 134 Å².